The zero-order valence-corrected chi connectivity index (χ0v) is 31.0. The lowest BCUT2D eigenvalue weighted by Gasteiger charge is -2.47. The molecule has 0 saturated carbocycles. The lowest BCUT2D eigenvalue weighted by molar-refractivity contribution is -0.298. The highest BCUT2D eigenvalue weighted by Crippen LogP contribution is 2.43. The molecule has 4 heterocycles. The maximum atomic E-state index is 14.6. The van der Waals surface area contributed by atoms with Crippen LogP contribution in [0.3, 0.4) is 0 Å². The van der Waals surface area contributed by atoms with E-state index < -0.39 is 89.3 Å². The largest absolute Gasteiger partial charge is 0.458 e. The standard InChI is InChI=1S/C35H57N3O11/c1-12-25-35(8)29-23(17-36-13-14-38(29)33(43)49-35)26(40)18(2)16-34(7,44-11)30(20(4)27(41)21(5)31(42)47-25)48-32-28(46-22(6)39)24(37(9)10)15-19(3)45-32/h18-21,23-25,28-30,32,36H,12-17H2,1-11H3/t18-,19-,20+,21-,23?,24+,25-,28-,29?,30-,32+,34+,35-/m1/s1. The van der Waals surface area contributed by atoms with Gasteiger partial charge in [-0.15, -0.1) is 0 Å². The minimum atomic E-state index is -1.34. The number of Topliss-reactive ketones (excluding diaryl/α,β-unsaturated/α-hetero) is 2. The van der Waals surface area contributed by atoms with Gasteiger partial charge < -0.3 is 38.6 Å². The van der Waals surface area contributed by atoms with E-state index in [1.807, 2.05) is 39.8 Å². The number of ketones is 2. The van der Waals surface area contributed by atoms with Gasteiger partial charge in [0, 0.05) is 45.5 Å². The van der Waals surface area contributed by atoms with Crippen molar-refractivity contribution in [2.45, 2.75) is 129 Å². The summed E-state index contributed by atoms with van der Waals surface area (Å²) in [5.74, 6) is -5.38. The van der Waals surface area contributed by atoms with Gasteiger partial charge in [0.25, 0.3) is 0 Å². The highest BCUT2D eigenvalue weighted by molar-refractivity contribution is 6.00. The van der Waals surface area contributed by atoms with Crippen molar-refractivity contribution in [3.63, 3.8) is 0 Å². The molecule has 4 aliphatic heterocycles. The average Bonchev–Trinajstić information content (AvgIpc) is 3.17. The van der Waals surface area contributed by atoms with Crippen LogP contribution in [0.1, 0.15) is 74.7 Å². The van der Waals surface area contributed by atoms with E-state index >= 15 is 0 Å². The Kier molecular flexibility index (Phi) is 12.2. The molecule has 0 bridgehead atoms. The number of carbonyl (C=O) groups is 5. The SMILES string of the molecule is CC[C@H]1OC(=O)[C@H](C)C(=O)[C@H](C)[C@@H](O[C@@H]2O[C@H](C)C[C@H](N(C)C)[C@H]2OC(C)=O)[C@@](C)(OC)C[C@@H](C)C(=O)C2CNCCN3C(=O)O[C@@]1(C)C23. The topological polar surface area (TPSA) is 159 Å². The Morgan fingerprint density at radius 3 is 2.35 bits per heavy atom. The quantitative estimate of drug-likeness (QED) is 0.245. The average molecular weight is 696 g/mol. The first-order valence-corrected chi connectivity index (χ1v) is 17.6. The summed E-state index contributed by atoms with van der Waals surface area (Å²) in [6.45, 7) is 14.5. The van der Waals surface area contributed by atoms with Gasteiger partial charge >= 0.3 is 18.0 Å². The Labute approximate surface area is 290 Å². The van der Waals surface area contributed by atoms with Crippen LogP contribution in [0.5, 0.6) is 0 Å². The third-order valence-electron chi connectivity index (χ3n) is 11.2. The van der Waals surface area contributed by atoms with Crippen molar-refractivity contribution in [1.82, 2.24) is 15.1 Å². The van der Waals surface area contributed by atoms with Gasteiger partial charge in [0.15, 0.2) is 23.8 Å². The number of hydrogen-bond donors (Lipinski definition) is 1. The van der Waals surface area contributed by atoms with Crippen molar-refractivity contribution in [3.05, 3.63) is 0 Å². The molecule has 4 rings (SSSR count). The van der Waals surface area contributed by atoms with Crippen molar-refractivity contribution in [2.24, 2.45) is 23.7 Å². The summed E-state index contributed by atoms with van der Waals surface area (Å²) in [6, 6.07) is -0.978. The molecule has 0 aromatic carbocycles. The van der Waals surface area contributed by atoms with Crippen LogP contribution in [0.25, 0.3) is 0 Å². The molecule has 278 valence electrons. The second-order valence-corrected chi connectivity index (χ2v) is 15.0. The predicted molar refractivity (Wildman–Crippen MR) is 176 cm³/mol. The van der Waals surface area contributed by atoms with Gasteiger partial charge in [-0.25, -0.2) is 4.79 Å². The summed E-state index contributed by atoms with van der Waals surface area (Å²) in [7, 11) is 5.25. The van der Waals surface area contributed by atoms with E-state index in [0.29, 0.717) is 26.1 Å². The summed E-state index contributed by atoms with van der Waals surface area (Å²) in [5, 5.41) is 3.31. The summed E-state index contributed by atoms with van der Waals surface area (Å²) >= 11 is 0. The zero-order chi connectivity index (χ0) is 36.6. The number of nitrogens with one attached hydrogen (secondary N) is 1. The maximum absolute atomic E-state index is 14.6. The minimum Gasteiger partial charge on any atom is -0.458 e. The minimum absolute atomic E-state index is 0.130. The van der Waals surface area contributed by atoms with E-state index in [2.05, 4.69) is 5.32 Å². The summed E-state index contributed by atoms with van der Waals surface area (Å²) in [4.78, 5) is 71.7. The van der Waals surface area contributed by atoms with Gasteiger partial charge in [0.05, 0.1) is 35.8 Å². The number of likely N-dealkylation sites (N-methyl/N-ethyl adjacent to an activating group) is 1. The fraction of sp³-hybridized carbons (Fsp3) is 0.857. The normalized spacial score (nSPS) is 42.5. The third kappa shape index (κ3) is 7.68. The third-order valence-corrected chi connectivity index (χ3v) is 11.2. The first-order chi connectivity index (χ1) is 22.9. The molecule has 14 nitrogen and oxygen atoms in total. The van der Waals surface area contributed by atoms with Crippen molar-refractivity contribution < 1.29 is 52.4 Å². The van der Waals surface area contributed by atoms with Gasteiger partial charge in [-0.2, -0.15) is 0 Å². The molecule has 0 aromatic heterocycles. The van der Waals surface area contributed by atoms with Gasteiger partial charge in [-0.3, -0.25) is 24.1 Å². The second kappa shape index (κ2) is 15.3. The molecule has 49 heavy (non-hydrogen) atoms. The number of cyclic esters (lactones) is 1. The Morgan fingerprint density at radius 2 is 1.76 bits per heavy atom. The first-order valence-electron chi connectivity index (χ1n) is 17.6. The van der Waals surface area contributed by atoms with E-state index in [4.69, 9.17) is 28.4 Å². The first kappa shape index (κ1) is 39.1. The molecule has 0 aromatic rings. The number of amides is 1. The fourth-order valence-electron chi connectivity index (χ4n) is 8.45. The Bertz CT molecular complexity index is 1260. The van der Waals surface area contributed by atoms with Crippen molar-refractivity contribution in [2.75, 3.05) is 40.8 Å². The van der Waals surface area contributed by atoms with Crippen LogP contribution < -0.4 is 5.32 Å². The highest BCUT2D eigenvalue weighted by atomic mass is 16.7. The number of ether oxygens (including phenoxy) is 6. The monoisotopic (exact) mass is 695 g/mol. The molecule has 14 heteroatoms. The van der Waals surface area contributed by atoms with Crippen LogP contribution >= 0.6 is 0 Å². The molecule has 4 fully saturated rings. The summed E-state index contributed by atoms with van der Waals surface area (Å²) in [6.07, 6.45) is -3.77. The molecule has 0 aliphatic carbocycles. The highest BCUT2D eigenvalue weighted by Gasteiger charge is 2.61. The van der Waals surface area contributed by atoms with Crippen LogP contribution in [0.15, 0.2) is 0 Å². The van der Waals surface area contributed by atoms with Crippen molar-refractivity contribution >= 4 is 29.6 Å². The predicted octanol–water partition coefficient (Wildman–Crippen LogP) is 2.34. The Balaban J connectivity index is 1.82. The number of rotatable bonds is 6. The van der Waals surface area contributed by atoms with Crippen molar-refractivity contribution in [1.29, 1.82) is 0 Å². The molecule has 4 aliphatic rings. The molecule has 0 spiro atoms. The van der Waals surface area contributed by atoms with E-state index in [1.165, 1.54) is 21.0 Å². The molecule has 2 unspecified atom stereocenters. The lowest BCUT2D eigenvalue weighted by atomic mass is 9.73. The van der Waals surface area contributed by atoms with Crippen LogP contribution in [-0.4, -0.2) is 134 Å². The molecule has 13 atom stereocenters. The molecule has 1 amide bonds. The van der Waals surface area contributed by atoms with Crippen LogP contribution in [0.2, 0.25) is 0 Å². The smallest absolute Gasteiger partial charge is 0.410 e. The molecular weight excluding hydrogens is 638 g/mol. The number of hydrogen-bond acceptors (Lipinski definition) is 13. The van der Waals surface area contributed by atoms with Crippen LogP contribution in [0.4, 0.5) is 4.79 Å². The maximum Gasteiger partial charge on any atom is 0.410 e. The number of nitrogens with zero attached hydrogens (tertiary/aromatic N) is 2. The Hall–Kier alpha value is -2.65. The van der Waals surface area contributed by atoms with Gasteiger partial charge in [0.2, 0.25) is 0 Å². The van der Waals surface area contributed by atoms with Gasteiger partial charge in [-0.05, 0) is 61.1 Å². The number of esters is 2. The molecule has 4 saturated heterocycles. The van der Waals surface area contributed by atoms with Gasteiger partial charge in [-0.1, -0.05) is 20.8 Å². The van der Waals surface area contributed by atoms with Crippen LogP contribution in [0, 0.1) is 23.7 Å². The summed E-state index contributed by atoms with van der Waals surface area (Å²) < 4.78 is 37.0. The number of carbonyl (C=O) groups excluding carboxylic acids is 5. The second-order valence-electron chi connectivity index (χ2n) is 15.0. The van der Waals surface area contributed by atoms with E-state index in [1.54, 1.807) is 25.7 Å². The van der Waals surface area contributed by atoms with E-state index in [-0.39, 0.29) is 30.8 Å². The van der Waals surface area contributed by atoms with Crippen LogP contribution in [-0.2, 0) is 47.6 Å². The fourth-order valence-corrected chi connectivity index (χ4v) is 8.45. The van der Waals surface area contributed by atoms with Crippen molar-refractivity contribution in [3.8, 4) is 0 Å². The molecule has 1 N–H and O–H groups in total. The zero-order valence-electron chi connectivity index (χ0n) is 31.0. The van der Waals surface area contributed by atoms with E-state index in [9.17, 15) is 24.0 Å². The Morgan fingerprint density at radius 1 is 1.08 bits per heavy atom. The molecule has 0 radical (unpaired) electrons. The lowest BCUT2D eigenvalue weighted by Crippen LogP contribution is -2.61. The van der Waals surface area contributed by atoms with E-state index in [0.717, 1.165) is 0 Å². The molecular formula is C35H57N3O11. The number of methoxy groups -OCH3 is 1. The summed E-state index contributed by atoms with van der Waals surface area (Å²) in [5.41, 5.74) is -2.61. The van der Waals surface area contributed by atoms with Gasteiger partial charge in [0.1, 0.15) is 17.8 Å².